The highest BCUT2D eigenvalue weighted by Gasteiger charge is 2.65. The van der Waals surface area contributed by atoms with Crippen LogP contribution < -0.4 is 5.32 Å². The van der Waals surface area contributed by atoms with Gasteiger partial charge in [0.25, 0.3) is 10.1 Å². The first-order valence-electron chi connectivity index (χ1n) is 14.2. The minimum absolute atomic E-state index is 0.0274. The average molecular weight is 596 g/mol. The summed E-state index contributed by atoms with van der Waals surface area (Å²) in [5.41, 5.74) is -0.577. The first-order chi connectivity index (χ1) is 18.0. The number of nitrogens with one attached hydrogen (secondary N) is 1. The number of hydrogen-bond acceptors (Lipinski definition) is 8. The second-order valence-corrected chi connectivity index (χ2v) is 15.8. The van der Waals surface area contributed by atoms with Gasteiger partial charge in [0.15, 0.2) is 0 Å². The van der Waals surface area contributed by atoms with Gasteiger partial charge >= 0.3 is 10.4 Å². The molecule has 0 aromatic carbocycles. The molecule has 0 saturated heterocycles. The zero-order valence-electron chi connectivity index (χ0n) is 23.0. The molecule has 0 aromatic heterocycles. The molecule has 0 bridgehead atoms. The second kappa shape index (κ2) is 11.1. The first-order valence-corrected chi connectivity index (χ1v) is 17.2. The zero-order valence-corrected chi connectivity index (χ0v) is 24.7. The van der Waals surface area contributed by atoms with Crippen molar-refractivity contribution in [2.24, 2.45) is 46.3 Å². The summed E-state index contributed by atoms with van der Waals surface area (Å²) in [5, 5.41) is 25.7. The molecule has 4 fully saturated rings. The zero-order chi connectivity index (χ0) is 29.0. The average Bonchev–Trinajstić information content (AvgIpc) is 3.16. The first kappa shape index (κ1) is 31.1. The largest absolute Gasteiger partial charge is 0.397 e. The van der Waals surface area contributed by atoms with Crippen molar-refractivity contribution in [1.82, 2.24) is 5.32 Å². The monoisotopic (exact) mass is 595 g/mol. The molecule has 4 aliphatic rings. The molecule has 5 N–H and O–H groups in total. The van der Waals surface area contributed by atoms with Crippen LogP contribution in [0.1, 0.15) is 78.6 Å². The van der Waals surface area contributed by atoms with Crippen LogP contribution in [-0.2, 0) is 29.5 Å². The summed E-state index contributed by atoms with van der Waals surface area (Å²) in [6.07, 6.45) is 3.58. The van der Waals surface area contributed by atoms with Gasteiger partial charge in [-0.2, -0.15) is 16.8 Å². The van der Waals surface area contributed by atoms with Gasteiger partial charge in [-0.25, -0.2) is 4.18 Å². The van der Waals surface area contributed by atoms with Crippen molar-refractivity contribution < 1.29 is 45.1 Å². The number of carbonyl (C=O) groups excluding carboxylic acids is 1. The van der Waals surface area contributed by atoms with E-state index in [1.165, 1.54) is 0 Å². The molecule has 226 valence electrons. The molecule has 5 unspecified atom stereocenters. The molecular formula is C26H45NO10S2. The van der Waals surface area contributed by atoms with Crippen molar-refractivity contribution in [2.45, 2.75) is 96.9 Å². The highest BCUT2D eigenvalue weighted by atomic mass is 32.3. The Morgan fingerprint density at radius 3 is 2.36 bits per heavy atom. The second-order valence-electron chi connectivity index (χ2n) is 13.2. The summed E-state index contributed by atoms with van der Waals surface area (Å²) in [5.74, 6) is -0.223. The van der Waals surface area contributed by atoms with Crippen molar-refractivity contribution in [2.75, 3.05) is 12.3 Å². The van der Waals surface area contributed by atoms with E-state index in [2.05, 4.69) is 26.1 Å². The SMILES string of the molecule is C[C@H](CCC(=O)NCCS(=O)(=O)O)C1CCC2C3C(O)C[C@@H]4C[C@H](OS(=O)(=O)O)CC[C@]4(C)C3C[C@H](O)[C@@]21C. The van der Waals surface area contributed by atoms with Gasteiger partial charge < -0.3 is 15.5 Å². The Kier molecular flexibility index (Phi) is 8.86. The summed E-state index contributed by atoms with van der Waals surface area (Å²) < 4.78 is 67.2. The topological polar surface area (TPSA) is 188 Å². The molecule has 4 rings (SSSR count). The van der Waals surface area contributed by atoms with E-state index in [1.807, 2.05) is 0 Å². The van der Waals surface area contributed by atoms with Gasteiger partial charge in [0.1, 0.15) is 0 Å². The van der Waals surface area contributed by atoms with Crippen LogP contribution in [0.5, 0.6) is 0 Å². The Morgan fingerprint density at radius 1 is 1.03 bits per heavy atom. The third-order valence-electron chi connectivity index (χ3n) is 11.3. The van der Waals surface area contributed by atoms with Crippen molar-refractivity contribution in [3.05, 3.63) is 0 Å². The summed E-state index contributed by atoms with van der Waals surface area (Å²) >= 11 is 0. The molecule has 11 nitrogen and oxygen atoms in total. The number of amides is 1. The molecule has 0 heterocycles. The van der Waals surface area contributed by atoms with Crippen molar-refractivity contribution in [1.29, 1.82) is 0 Å². The van der Waals surface area contributed by atoms with E-state index in [1.54, 1.807) is 0 Å². The Balaban J connectivity index is 1.43. The summed E-state index contributed by atoms with van der Waals surface area (Å²) in [7, 11) is -8.68. The van der Waals surface area contributed by atoms with E-state index < -0.39 is 50.0 Å². The van der Waals surface area contributed by atoms with Gasteiger partial charge in [-0.05, 0) is 97.7 Å². The highest BCUT2D eigenvalue weighted by molar-refractivity contribution is 7.85. The molecule has 1 amide bonds. The third kappa shape index (κ3) is 6.34. The van der Waals surface area contributed by atoms with E-state index >= 15 is 0 Å². The van der Waals surface area contributed by atoms with E-state index in [4.69, 9.17) is 13.3 Å². The molecule has 0 radical (unpaired) electrons. The molecule has 39 heavy (non-hydrogen) atoms. The summed E-state index contributed by atoms with van der Waals surface area (Å²) in [6, 6.07) is 0. The maximum atomic E-state index is 12.2. The summed E-state index contributed by atoms with van der Waals surface area (Å²) in [6.45, 7) is 6.29. The number of hydrogen-bond donors (Lipinski definition) is 5. The Hall–Kier alpha value is -0.830. The van der Waals surface area contributed by atoms with Gasteiger partial charge in [0, 0.05) is 13.0 Å². The van der Waals surface area contributed by atoms with Gasteiger partial charge in [-0.15, -0.1) is 0 Å². The van der Waals surface area contributed by atoms with Crippen LogP contribution in [0.2, 0.25) is 0 Å². The summed E-state index contributed by atoms with van der Waals surface area (Å²) in [4.78, 5) is 12.2. The Morgan fingerprint density at radius 2 is 1.72 bits per heavy atom. The maximum absolute atomic E-state index is 12.2. The lowest BCUT2D eigenvalue weighted by Crippen LogP contribution is -2.62. The fourth-order valence-electron chi connectivity index (χ4n) is 9.34. The lowest BCUT2D eigenvalue weighted by atomic mass is 9.43. The van der Waals surface area contributed by atoms with Crippen molar-refractivity contribution in [3.8, 4) is 0 Å². The minimum atomic E-state index is -4.54. The lowest BCUT2D eigenvalue weighted by molar-refractivity contribution is -0.206. The minimum Gasteiger partial charge on any atom is -0.393 e. The maximum Gasteiger partial charge on any atom is 0.397 e. The fraction of sp³-hybridized carbons (Fsp3) is 0.962. The predicted molar refractivity (Wildman–Crippen MR) is 142 cm³/mol. The number of aliphatic hydroxyl groups excluding tert-OH is 2. The van der Waals surface area contributed by atoms with E-state index in [0.29, 0.717) is 38.5 Å². The molecule has 4 aliphatic carbocycles. The number of rotatable bonds is 9. The van der Waals surface area contributed by atoms with E-state index in [9.17, 15) is 31.8 Å². The quantitative estimate of drug-likeness (QED) is 0.247. The normalized spacial score (nSPS) is 43.2. The predicted octanol–water partition coefficient (Wildman–Crippen LogP) is 2.20. The van der Waals surface area contributed by atoms with Crippen LogP contribution >= 0.6 is 0 Å². The molecule has 0 spiro atoms. The van der Waals surface area contributed by atoms with Crippen LogP contribution in [0.3, 0.4) is 0 Å². The van der Waals surface area contributed by atoms with Crippen molar-refractivity contribution in [3.63, 3.8) is 0 Å². The Labute approximate surface area is 232 Å². The molecular weight excluding hydrogens is 550 g/mol. The van der Waals surface area contributed by atoms with Crippen LogP contribution in [0.4, 0.5) is 0 Å². The van der Waals surface area contributed by atoms with Crippen LogP contribution in [-0.4, -0.2) is 72.7 Å². The molecule has 4 saturated carbocycles. The smallest absolute Gasteiger partial charge is 0.393 e. The fourth-order valence-corrected chi connectivity index (χ4v) is 10.2. The molecule has 13 heteroatoms. The van der Waals surface area contributed by atoms with E-state index in [0.717, 1.165) is 12.8 Å². The van der Waals surface area contributed by atoms with Gasteiger partial charge in [-0.1, -0.05) is 20.8 Å². The van der Waals surface area contributed by atoms with Gasteiger partial charge in [-0.3, -0.25) is 13.9 Å². The highest BCUT2D eigenvalue weighted by Crippen LogP contribution is 2.68. The van der Waals surface area contributed by atoms with Gasteiger partial charge in [0.05, 0.1) is 24.1 Å². The molecule has 0 aromatic rings. The third-order valence-corrected chi connectivity index (χ3v) is 12.5. The van der Waals surface area contributed by atoms with E-state index in [-0.39, 0.29) is 59.8 Å². The van der Waals surface area contributed by atoms with Crippen LogP contribution in [0, 0.1) is 46.3 Å². The van der Waals surface area contributed by atoms with Gasteiger partial charge in [0.2, 0.25) is 5.91 Å². The number of aliphatic hydroxyl groups is 2. The van der Waals surface area contributed by atoms with Crippen LogP contribution in [0.25, 0.3) is 0 Å². The Bertz CT molecular complexity index is 1130. The number of fused-ring (bicyclic) bond motifs is 5. The number of carbonyl (C=O) groups is 1. The molecule has 11 atom stereocenters. The van der Waals surface area contributed by atoms with Crippen molar-refractivity contribution >= 4 is 26.4 Å². The lowest BCUT2D eigenvalue weighted by Gasteiger charge is -2.63. The molecule has 0 aliphatic heterocycles. The standard InChI is InChI=1S/C26H45NO10S2/c1-15(4-7-23(30)27-10-11-38(31,32)33)18-5-6-19-24-20(14-22(29)26(18,19)3)25(2)9-8-17(37-39(34,35)36)12-16(25)13-21(24)28/h15-22,24,28-29H,4-14H2,1-3H3,(H,27,30)(H,31,32,33)(H,34,35,36)/t15-,16+,17-,18?,19?,20?,21?,22+,24?,25+,26-/m1/s1. The van der Waals surface area contributed by atoms with Crippen LogP contribution in [0.15, 0.2) is 0 Å².